The number of ketones is 3. The quantitative estimate of drug-likeness (QED) is 0.675. The summed E-state index contributed by atoms with van der Waals surface area (Å²) >= 11 is 0. The summed E-state index contributed by atoms with van der Waals surface area (Å²) in [5.74, 6) is -1.000. The second kappa shape index (κ2) is 5.11. The van der Waals surface area contributed by atoms with Gasteiger partial charge in [0.2, 0.25) is 17.2 Å². The molecular weight excluding hydrogens is 330 g/mol. The Hall–Kier alpha value is -2.79. The van der Waals surface area contributed by atoms with Crippen LogP contribution in [0.3, 0.4) is 0 Å². The molecule has 4 aliphatic rings. The zero-order valence-corrected chi connectivity index (χ0v) is 14.3. The van der Waals surface area contributed by atoms with Gasteiger partial charge in [-0.3, -0.25) is 14.4 Å². The number of carbonyl (C=O) groups excluding carboxylic acids is 3. The highest BCUT2D eigenvalue weighted by atomic mass is 16.5. The molecule has 1 spiro atoms. The SMILES string of the molecule is CC1=CN2C3=C(C(=O)CCC3)C3(O[C@H]2C=C1)C(=O)c1ccccc1C3=O. The van der Waals surface area contributed by atoms with Crippen LogP contribution in [0.5, 0.6) is 0 Å². The largest absolute Gasteiger partial charge is 0.326 e. The third-order valence-corrected chi connectivity index (χ3v) is 5.54. The van der Waals surface area contributed by atoms with Crippen LogP contribution in [0, 0.1) is 0 Å². The summed E-state index contributed by atoms with van der Waals surface area (Å²) in [5.41, 5.74) is 0.853. The van der Waals surface area contributed by atoms with Crippen LogP contribution < -0.4 is 0 Å². The molecule has 0 radical (unpaired) electrons. The second-order valence-electron chi connectivity index (χ2n) is 7.13. The number of fused-ring (bicyclic) bond motifs is 4. The average molecular weight is 347 g/mol. The van der Waals surface area contributed by atoms with E-state index in [0.29, 0.717) is 30.4 Å². The average Bonchev–Trinajstić information content (AvgIpc) is 2.85. The summed E-state index contributed by atoms with van der Waals surface area (Å²) in [6.07, 6.45) is 6.79. The lowest BCUT2D eigenvalue weighted by atomic mass is 9.77. The minimum Gasteiger partial charge on any atom is -0.326 e. The highest BCUT2D eigenvalue weighted by molar-refractivity contribution is 6.37. The Bertz CT molecular complexity index is 946. The first-order chi connectivity index (χ1) is 12.5. The molecular formula is C21H17NO4. The van der Waals surface area contributed by atoms with Crippen LogP contribution in [0.25, 0.3) is 0 Å². The Morgan fingerprint density at radius 1 is 1.08 bits per heavy atom. The molecule has 5 rings (SSSR count). The molecule has 26 heavy (non-hydrogen) atoms. The predicted octanol–water partition coefficient (Wildman–Crippen LogP) is 2.94. The summed E-state index contributed by atoms with van der Waals surface area (Å²) in [7, 11) is 0. The van der Waals surface area contributed by atoms with E-state index in [1.165, 1.54) is 0 Å². The van der Waals surface area contributed by atoms with Crippen LogP contribution in [0.2, 0.25) is 0 Å². The van der Waals surface area contributed by atoms with E-state index in [4.69, 9.17) is 4.74 Å². The van der Waals surface area contributed by atoms with Crippen molar-refractivity contribution in [3.8, 4) is 0 Å². The van der Waals surface area contributed by atoms with E-state index in [0.717, 1.165) is 11.3 Å². The molecule has 0 saturated carbocycles. The Morgan fingerprint density at radius 2 is 1.77 bits per heavy atom. The molecule has 5 nitrogen and oxygen atoms in total. The summed E-state index contributed by atoms with van der Waals surface area (Å²) < 4.78 is 6.15. The predicted molar refractivity (Wildman–Crippen MR) is 93.3 cm³/mol. The van der Waals surface area contributed by atoms with Crippen LogP contribution in [0.1, 0.15) is 46.9 Å². The van der Waals surface area contributed by atoms with E-state index in [2.05, 4.69) is 0 Å². The summed E-state index contributed by atoms with van der Waals surface area (Å²) in [6.45, 7) is 1.96. The van der Waals surface area contributed by atoms with Gasteiger partial charge >= 0.3 is 0 Å². The molecule has 1 aromatic carbocycles. The molecule has 0 amide bonds. The summed E-state index contributed by atoms with van der Waals surface area (Å²) in [5, 5.41) is 0. The second-order valence-corrected chi connectivity index (χ2v) is 7.13. The molecule has 0 bridgehead atoms. The van der Waals surface area contributed by atoms with Crippen molar-refractivity contribution in [2.45, 2.75) is 38.0 Å². The molecule has 0 saturated heterocycles. The van der Waals surface area contributed by atoms with Crippen molar-refractivity contribution in [1.29, 1.82) is 0 Å². The standard InChI is InChI=1S/C21H17NO4/c1-12-9-10-17-22(11-12)15-7-4-8-16(23)18(15)21(26-17)19(24)13-5-2-3-6-14(13)20(21)25/h2-3,5-6,9-11,17H,4,7-8H2,1H3/t17-/m0/s1. The van der Waals surface area contributed by atoms with E-state index >= 15 is 0 Å². The Labute approximate surface area is 150 Å². The van der Waals surface area contributed by atoms with Crippen molar-refractivity contribution < 1.29 is 19.1 Å². The van der Waals surface area contributed by atoms with Crippen LogP contribution >= 0.6 is 0 Å². The lowest BCUT2D eigenvalue weighted by Crippen LogP contribution is -2.58. The minimum atomic E-state index is -1.83. The van der Waals surface area contributed by atoms with Crippen LogP contribution in [-0.4, -0.2) is 34.1 Å². The maximum Gasteiger partial charge on any atom is 0.226 e. The Morgan fingerprint density at radius 3 is 2.46 bits per heavy atom. The van der Waals surface area contributed by atoms with Gasteiger partial charge in [-0.2, -0.15) is 0 Å². The third-order valence-electron chi connectivity index (χ3n) is 5.54. The fourth-order valence-electron chi connectivity index (χ4n) is 4.41. The molecule has 130 valence electrons. The van der Waals surface area contributed by atoms with Gasteiger partial charge in [0, 0.05) is 29.4 Å². The van der Waals surface area contributed by atoms with E-state index in [1.54, 1.807) is 24.3 Å². The van der Waals surface area contributed by atoms with E-state index in [1.807, 2.05) is 30.2 Å². The maximum absolute atomic E-state index is 13.3. The molecule has 0 N–H and O–H groups in total. The van der Waals surface area contributed by atoms with Gasteiger partial charge in [-0.25, -0.2) is 0 Å². The maximum atomic E-state index is 13.3. The monoisotopic (exact) mass is 347 g/mol. The lowest BCUT2D eigenvalue weighted by molar-refractivity contribution is -0.124. The van der Waals surface area contributed by atoms with Gasteiger partial charge in [-0.1, -0.05) is 30.3 Å². The van der Waals surface area contributed by atoms with Gasteiger partial charge in [0.25, 0.3) is 0 Å². The molecule has 1 atom stereocenters. The van der Waals surface area contributed by atoms with Crippen LogP contribution in [-0.2, 0) is 9.53 Å². The summed E-state index contributed by atoms with van der Waals surface area (Å²) in [4.78, 5) is 41.4. The number of allylic oxidation sites excluding steroid dienone is 3. The van der Waals surface area contributed by atoms with Crippen molar-refractivity contribution in [3.05, 3.63) is 70.6 Å². The zero-order chi connectivity index (χ0) is 18.1. The van der Waals surface area contributed by atoms with Gasteiger partial charge in [-0.05, 0) is 31.4 Å². The van der Waals surface area contributed by atoms with Crippen molar-refractivity contribution >= 4 is 17.3 Å². The zero-order valence-electron chi connectivity index (χ0n) is 14.3. The van der Waals surface area contributed by atoms with Crippen LogP contribution in [0.4, 0.5) is 0 Å². The topological polar surface area (TPSA) is 63.7 Å². The van der Waals surface area contributed by atoms with Crippen molar-refractivity contribution in [2.75, 3.05) is 0 Å². The number of Topliss-reactive ketones (excluding diaryl/α,β-unsaturated/α-hetero) is 3. The molecule has 2 aliphatic heterocycles. The fraction of sp³-hybridized carbons (Fsp3) is 0.286. The van der Waals surface area contributed by atoms with E-state index in [9.17, 15) is 14.4 Å². The smallest absolute Gasteiger partial charge is 0.226 e. The normalized spacial score (nSPS) is 26.0. The fourth-order valence-corrected chi connectivity index (χ4v) is 4.41. The van der Waals surface area contributed by atoms with Crippen molar-refractivity contribution in [3.63, 3.8) is 0 Å². The number of rotatable bonds is 0. The van der Waals surface area contributed by atoms with Gasteiger partial charge < -0.3 is 9.64 Å². The third kappa shape index (κ3) is 1.76. The minimum absolute atomic E-state index is 0.167. The molecule has 2 aliphatic carbocycles. The number of benzene rings is 1. The van der Waals surface area contributed by atoms with Gasteiger partial charge in [-0.15, -0.1) is 0 Å². The Kier molecular flexibility index (Phi) is 3.04. The van der Waals surface area contributed by atoms with E-state index < -0.39 is 23.4 Å². The lowest BCUT2D eigenvalue weighted by Gasteiger charge is -2.46. The van der Waals surface area contributed by atoms with Gasteiger partial charge in [0.05, 0.1) is 5.57 Å². The first-order valence-corrected chi connectivity index (χ1v) is 8.82. The highest BCUT2D eigenvalue weighted by Crippen LogP contribution is 2.48. The molecule has 0 unspecified atom stereocenters. The number of hydrogen-bond donors (Lipinski definition) is 0. The molecule has 1 aromatic rings. The van der Waals surface area contributed by atoms with Gasteiger partial charge in [0.15, 0.2) is 12.0 Å². The molecule has 2 heterocycles. The number of nitrogens with zero attached hydrogens (tertiary/aromatic N) is 1. The first-order valence-electron chi connectivity index (χ1n) is 8.82. The summed E-state index contributed by atoms with van der Waals surface area (Å²) in [6, 6.07) is 6.72. The first kappa shape index (κ1) is 15.5. The highest BCUT2D eigenvalue weighted by Gasteiger charge is 2.63. The Balaban J connectivity index is 1.79. The molecule has 0 fully saturated rings. The number of hydrogen-bond acceptors (Lipinski definition) is 5. The van der Waals surface area contributed by atoms with Crippen LogP contribution in [0.15, 0.2) is 59.5 Å². The van der Waals surface area contributed by atoms with E-state index in [-0.39, 0.29) is 11.4 Å². The van der Waals surface area contributed by atoms with Crippen molar-refractivity contribution in [2.24, 2.45) is 0 Å². The molecule has 0 aromatic heterocycles. The van der Waals surface area contributed by atoms with Gasteiger partial charge in [0.1, 0.15) is 0 Å². The number of carbonyl (C=O) groups is 3. The van der Waals surface area contributed by atoms with Crippen molar-refractivity contribution in [1.82, 2.24) is 4.90 Å². The number of ether oxygens (including phenoxy) is 1. The molecule has 5 heteroatoms.